The van der Waals surface area contributed by atoms with Gasteiger partial charge in [0.05, 0.1) is 26.7 Å². The van der Waals surface area contributed by atoms with Crippen molar-refractivity contribution in [1.82, 2.24) is 0 Å². The van der Waals surface area contributed by atoms with E-state index in [2.05, 4.69) is 26.2 Å². The van der Waals surface area contributed by atoms with E-state index in [0.717, 1.165) is 0 Å². The second-order valence-corrected chi connectivity index (χ2v) is 3.72. The highest BCUT2D eigenvalue weighted by atomic mass is 32.1. The van der Waals surface area contributed by atoms with E-state index in [1.54, 1.807) is 0 Å². The zero-order valence-electron chi connectivity index (χ0n) is 8.05. The summed E-state index contributed by atoms with van der Waals surface area (Å²) in [6.45, 7) is 6.44. The van der Waals surface area contributed by atoms with Gasteiger partial charge in [0.2, 0.25) is 0 Å². The van der Waals surface area contributed by atoms with Crippen LogP contribution in [0.15, 0.2) is 0 Å². The molecule has 0 N–H and O–H groups in total. The average molecular weight is 186 g/mol. The smallest absolute Gasteiger partial charge is 0.0784 e. The number of quaternary nitrogens is 1. The van der Waals surface area contributed by atoms with Gasteiger partial charge in [-0.25, -0.2) is 0 Å². The maximum atomic E-state index is 7.13. The minimum atomic E-state index is 1.32. The molecule has 12 heavy (non-hydrogen) atoms. The lowest BCUT2D eigenvalue weighted by atomic mass is 10.1. The first-order chi connectivity index (χ1) is 5.68. The van der Waals surface area contributed by atoms with Gasteiger partial charge in [0.25, 0.3) is 0 Å². The van der Waals surface area contributed by atoms with Crippen LogP contribution in [-0.2, 0) is 0 Å². The molecule has 0 saturated carbocycles. The van der Waals surface area contributed by atoms with Crippen LogP contribution in [0.1, 0.15) is 26.2 Å². The van der Waals surface area contributed by atoms with E-state index in [0.29, 0.717) is 0 Å². The van der Waals surface area contributed by atoms with Crippen molar-refractivity contribution >= 4 is 17.4 Å². The lowest BCUT2D eigenvalue weighted by Gasteiger charge is -2.36. The Morgan fingerprint density at radius 3 is 2.00 bits per heavy atom. The van der Waals surface area contributed by atoms with Gasteiger partial charge in [-0.15, -0.1) is 0 Å². The van der Waals surface area contributed by atoms with Crippen LogP contribution >= 0.6 is 12.2 Å². The summed E-state index contributed by atoms with van der Waals surface area (Å²) in [5.41, 5.74) is 0. The molecule has 70 valence electrons. The van der Waals surface area contributed by atoms with Crippen LogP contribution < -0.4 is 0 Å². The topological polar surface area (TPSA) is 22.3 Å². The van der Waals surface area contributed by atoms with Crippen molar-refractivity contribution in [2.45, 2.75) is 26.2 Å². The van der Waals surface area contributed by atoms with Crippen molar-refractivity contribution in [3.05, 3.63) is 5.41 Å². The molecule has 0 aliphatic carbocycles. The molecule has 1 aliphatic heterocycles. The Morgan fingerprint density at radius 2 is 1.75 bits per heavy atom. The van der Waals surface area contributed by atoms with E-state index < -0.39 is 0 Å². The van der Waals surface area contributed by atoms with E-state index in [-0.39, 0.29) is 0 Å². The molecule has 1 fully saturated rings. The minimum Gasteiger partial charge on any atom is -0.753 e. The lowest BCUT2D eigenvalue weighted by Crippen LogP contribution is -2.47. The van der Waals surface area contributed by atoms with Crippen LogP contribution in [0.4, 0.5) is 0 Å². The number of isothiocyanates is 1. The van der Waals surface area contributed by atoms with Gasteiger partial charge in [-0.3, -0.25) is 0 Å². The van der Waals surface area contributed by atoms with E-state index in [4.69, 9.17) is 5.41 Å². The molecule has 0 bridgehead atoms. The summed E-state index contributed by atoms with van der Waals surface area (Å²) < 4.78 is 1.32. The zero-order chi connectivity index (χ0) is 9.45. The maximum absolute atomic E-state index is 7.13. The monoisotopic (exact) mass is 186 g/mol. The standard InChI is InChI=1S/C8H18N.CNS/c1-3-9(2)7-5-4-6-8-9;2-1-3/h3-8H2,1-2H3;/q+1;-1. The molecule has 0 spiro atoms. The first kappa shape index (κ1) is 11.8. The van der Waals surface area contributed by atoms with Gasteiger partial charge in [0, 0.05) is 0 Å². The molecular weight excluding hydrogens is 168 g/mol. The third-order valence-corrected chi connectivity index (χ3v) is 2.66. The second-order valence-electron chi connectivity index (χ2n) is 3.53. The molecule has 0 atom stereocenters. The molecule has 3 heteroatoms. The molecule has 0 amide bonds. The number of rotatable bonds is 1. The number of nitrogens with zero attached hydrogens (tertiary/aromatic N) is 2. The predicted molar refractivity (Wildman–Crippen MR) is 56.3 cm³/mol. The Kier molecular flexibility index (Phi) is 6.17. The summed E-state index contributed by atoms with van der Waals surface area (Å²) in [5, 5.41) is 8.47. The maximum Gasteiger partial charge on any atom is 0.0784 e. The summed E-state index contributed by atoms with van der Waals surface area (Å²) >= 11 is 3.70. The van der Waals surface area contributed by atoms with Crippen LogP contribution in [0.25, 0.3) is 5.41 Å². The van der Waals surface area contributed by atoms with Crippen molar-refractivity contribution < 1.29 is 4.48 Å². The summed E-state index contributed by atoms with van der Waals surface area (Å²) in [6, 6.07) is 0. The molecule has 1 aliphatic rings. The fourth-order valence-electron chi connectivity index (χ4n) is 1.59. The lowest BCUT2D eigenvalue weighted by molar-refractivity contribution is -0.912. The quantitative estimate of drug-likeness (QED) is 0.350. The highest BCUT2D eigenvalue weighted by molar-refractivity contribution is 7.78. The van der Waals surface area contributed by atoms with Crippen LogP contribution in [0.3, 0.4) is 0 Å². The Bertz CT molecular complexity index is 145. The molecular formula is C9H18N2S. The molecule has 1 saturated heterocycles. The van der Waals surface area contributed by atoms with Crippen LogP contribution in [0.5, 0.6) is 0 Å². The number of thiocarbonyl (C=S) groups is 1. The van der Waals surface area contributed by atoms with Gasteiger partial charge in [-0.1, -0.05) is 12.2 Å². The van der Waals surface area contributed by atoms with Crippen LogP contribution in [0.2, 0.25) is 0 Å². The van der Waals surface area contributed by atoms with Gasteiger partial charge >= 0.3 is 0 Å². The second kappa shape index (κ2) is 6.30. The van der Waals surface area contributed by atoms with Crippen molar-refractivity contribution in [1.29, 1.82) is 0 Å². The first-order valence-corrected chi connectivity index (χ1v) is 4.94. The molecule has 0 unspecified atom stereocenters. The predicted octanol–water partition coefficient (Wildman–Crippen LogP) is 2.30. The molecule has 0 aromatic carbocycles. The zero-order valence-corrected chi connectivity index (χ0v) is 8.86. The third kappa shape index (κ3) is 4.60. The van der Waals surface area contributed by atoms with Crippen molar-refractivity contribution in [2.75, 3.05) is 26.7 Å². The van der Waals surface area contributed by atoms with Gasteiger partial charge in [-0.2, -0.15) is 5.16 Å². The van der Waals surface area contributed by atoms with Gasteiger partial charge < -0.3 is 9.89 Å². The highest BCUT2D eigenvalue weighted by Gasteiger charge is 2.21. The van der Waals surface area contributed by atoms with Crippen LogP contribution in [-0.4, -0.2) is 36.3 Å². The Hall–Kier alpha value is -0.240. The van der Waals surface area contributed by atoms with Gasteiger partial charge in [0.1, 0.15) is 0 Å². The fourth-order valence-corrected chi connectivity index (χ4v) is 1.59. The highest BCUT2D eigenvalue weighted by Crippen LogP contribution is 2.14. The normalized spacial score (nSPS) is 20.2. The summed E-state index contributed by atoms with van der Waals surface area (Å²) in [4.78, 5) is 0. The number of hydrogen-bond donors (Lipinski definition) is 0. The van der Waals surface area contributed by atoms with Gasteiger partial charge in [-0.05, 0) is 26.2 Å². The largest absolute Gasteiger partial charge is 0.753 e. The summed E-state index contributed by atoms with van der Waals surface area (Å²) in [6.07, 6.45) is 4.36. The van der Waals surface area contributed by atoms with Crippen molar-refractivity contribution in [3.8, 4) is 0 Å². The third-order valence-electron chi connectivity index (χ3n) is 2.66. The first-order valence-electron chi connectivity index (χ1n) is 4.53. The molecule has 0 aromatic rings. The van der Waals surface area contributed by atoms with E-state index >= 15 is 0 Å². The molecule has 0 radical (unpaired) electrons. The van der Waals surface area contributed by atoms with Crippen molar-refractivity contribution in [3.63, 3.8) is 0 Å². The Labute approximate surface area is 80.7 Å². The minimum absolute atomic E-state index is 1.32. The summed E-state index contributed by atoms with van der Waals surface area (Å²) in [7, 11) is 2.37. The van der Waals surface area contributed by atoms with Gasteiger partial charge in [0.15, 0.2) is 0 Å². The SMILES string of the molecule is CC[N+]1(C)CCCCC1.[N-]=C=S. The molecule has 0 aromatic heterocycles. The average Bonchev–Trinajstić information content (AvgIpc) is 2.07. The van der Waals surface area contributed by atoms with Crippen molar-refractivity contribution in [2.24, 2.45) is 0 Å². The van der Waals surface area contributed by atoms with E-state index in [1.165, 1.54) is 48.5 Å². The summed E-state index contributed by atoms with van der Waals surface area (Å²) in [5.74, 6) is 0. The number of hydrogen-bond acceptors (Lipinski definition) is 1. The Morgan fingerprint density at radius 1 is 1.33 bits per heavy atom. The number of piperidine rings is 1. The van der Waals surface area contributed by atoms with E-state index in [1.807, 2.05) is 0 Å². The Balaban J connectivity index is 0.000000354. The number of likely N-dealkylation sites (tertiary alicyclic amines) is 1. The molecule has 1 heterocycles. The fraction of sp³-hybridized carbons (Fsp3) is 0.889. The van der Waals surface area contributed by atoms with E-state index in [9.17, 15) is 0 Å². The molecule has 2 nitrogen and oxygen atoms in total. The molecule has 1 rings (SSSR count). The van der Waals surface area contributed by atoms with Crippen LogP contribution in [0, 0.1) is 0 Å².